The van der Waals surface area contributed by atoms with Crippen molar-refractivity contribution in [2.75, 3.05) is 32.7 Å². The summed E-state index contributed by atoms with van der Waals surface area (Å²) in [5, 5.41) is 3.30. The molecule has 1 aromatic carbocycles. The molecule has 1 N–H and O–H groups in total. The average Bonchev–Trinajstić information content (AvgIpc) is 2.61. The predicted octanol–water partition coefficient (Wildman–Crippen LogP) is 1.05. The van der Waals surface area contributed by atoms with Gasteiger partial charge in [-0.05, 0) is 31.9 Å². The van der Waals surface area contributed by atoms with Crippen molar-refractivity contribution in [3.63, 3.8) is 0 Å². The molecule has 1 aromatic rings. The van der Waals surface area contributed by atoms with E-state index in [1.807, 2.05) is 11.8 Å². The third kappa shape index (κ3) is 3.86. The predicted molar refractivity (Wildman–Crippen MR) is 91.9 cm³/mol. The molecule has 6 nitrogen and oxygen atoms in total. The molecule has 2 heterocycles. The molecular weight excluding hydrogens is 345 g/mol. The Kier molecular flexibility index (Phi) is 5.41. The van der Waals surface area contributed by atoms with E-state index in [4.69, 9.17) is 0 Å². The molecule has 2 aliphatic heterocycles. The molecule has 1 unspecified atom stereocenters. The van der Waals surface area contributed by atoms with E-state index in [1.54, 1.807) is 0 Å². The summed E-state index contributed by atoms with van der Waals surface area (Å²) < 4.78 is 40.4. The number of benzene rings is 1. The van der Waals surface area contributed by atoms with Gasteiger partial charge in [0.2, 0.25) is 15.9 Å². The van der Waals surface area contributed by atoms with E-state index in [0.29, 0.717) is 25.9 Å². The van der Waals surface area contributed by atoms with Gasteiger partial charge in [0.25, 0.3) is 0 Å². The van der Waals surface area contributed by atoms with E-state index in [9.17, 15) is 17.6 Å². The lowest BCUT2D eigenvalue weighted by atomic mass is 9.96. The molecule has 0 aromatic heterocycles. The third-order valence-electron chi connectivity index (χ3n) is 4.94. The highest BCUT2D eigenvalue weighted by Crippen LogP contribution is 2.26. The number of nitrogens with one attached hydrogen (secondary N) is 1. The van der Waals surface area contributed by atoms with Crippen LogP contribution < -0.4 is 5.32 Å². The average molecular weight is 369 g/mol. The number of carbonyl (C=O) groups excluding carboxylic acids is 1. The lowest BCUT2D eigenvalue weighted by Gasteiger charge is -2.37. The summed E-state index contributed by atoms with van der Waals surface area (Å²) in [6.07, 6.45) is 0.954. The summed E-state index contributed by atoms with van der Waals surface area (Å²) in [7, 11) is -3.85. The Hall–Kier alpha value is -1.51. The van der Waals surface area contributed by atoms with Gasteiger partial charge in [-0.3, -0.25) is 4.79 Å². The van der Waals surface area contributed by atoms with Gasteiger partial charge in [-0.1, -0.05) is 12.1 Å². The zero-order chi connectivity index (χ0) is 18.0. The largest absolute Gasteiger partial charge is 0.340 e. The summed E-state index contributed by atoms with van der Waals surface area (Å²) in [5.74, 6) is -0.788. The quantitative estimate of drug-likeness (QED) is 0.865. The molecule has 0 radical (unpaired) electrons. The van der Waals surface area contributed by atoms with Crippen molar-refractivity contribution in [3.05, 3.63) is 30.1 Å². The van der Waals surface area contributed by atoms with E-state index < -0.39 is 15.8 Å². The highest BCUT2D eigenvalue weighted by Gasteiger charge is 2.35. The van der Waals surface area contributed by atoms with Gasteiger partial charge in [0.15, 0.2) is 0 Å². The Morgan fingerprint density at radius 3 is 2.52 bits per heavy atom. The number of halogens is 1. The van der Waals surface area contributed by atoms with Crippen molar-refractivity contribution in [2.45, 2.75) is 30.7 Å². The van der Waals surface area contributed by atoms with Crippen LogP contribution in [0.15, 0.2) is 29.2 Å². The summed E-state index contributed by atoms with van der Waals surface area (Å²) >= 11 is 0. The molecule has 0 saturated carbocycles. The number of hydrogen-bond acceptors (Lipinski definition) is 4. The second-order valence-corrected chi connectivity index (χ2v) is 8.65. The van der Waals surface area contributed by atoms with Crippen LogP contribution >= 0.6 is 0 Å². The first-order chi connectivity index (χ1) is 11.9. The number of nitrogens with zero attached hydrogens (tertiary/aromatic N) is 2. The second-order valence-electron chi connectivity index (χ2n) is 6.75. The first-order valence-corrected chi connectivity index (χ1v) is 10.1. The molecule has 8 heteroatoms. The SMILES string of the molecule is CC1CN(C(=O)C2CCN(S(=O)(=O)c3ccccc3F)CC2)CCN1. The minimum atomic E-state index is -3.85. The Morgan fingerprint density at radius 2 is 1.88 bits per heavy atom. The van der Waals surface area contributed by atoms with Crippen LogP contribution in [0.4, 0.5) is 4.39 Å². The number of hydrogen-bond donors (Lipinski definition) is 1. The summed E-state index contributed by atoms with van der Waals surface area (Å²) in [6, 6.07) is 5.68. The van der Waals surface area contributed by atoms with E-state index in [2.05, 4.69) is 5.32 Å². The number of piperidine rings is 1. The molecule has 2 aliphatic rings. The van der Waals surface area contributed by atoms with Gasteiger partial charge in [-0.15, -0.1) is 0 Å². The maximum atomic E-state index is 13.9. The Labute approximate surface area is 148 Å². The molecule has 2 saturated heterocycles. The Bertz CT molecular complexity index is 732. The maximum Gasteiger partial charge on any atom is 0.245 e. The fraction of sp³-hybridized carbons (Fsp3) is 0.588. The number of rotatable bonds is 3. The topological polar surface area (TPSA) is 69.7 Å². The first-order valence-electron chi connectivity index (χ1n) is 8.66. The molecule has 2 fully saturated rings. The fourth-order valence-electron chi connectivity index (χ4n) is 3.53. The van der Waals surface area contributed by atoms with Crippen molar-refractivity contribution >= 4 is 15.9 Å². The van der Waals surface area contributed by atoms with Crippen LogP contribution in [-0.4, -0.2) is 62.3 Å². The van der Waals surface area contributed by atoms with E-state index >= 15 is 0 Å². The maximum absolute atomic E-state index is 13.9. The summed E-state index contributed by atoms with van der Waals surface area (Å²) in [6.45, 7) is 4.70. The molecule has 3 rings (SSSR count). The fourth-order valence-corrected chi connectivity index (χ4v) is 5.06. The van der Waals surface area contributed by atoms with Crippen LogP contribution in [0, 0.1) is 11.7 Å². The standard InChI is InChI=1S/C17H24FN3O3S/c1-13-12-20(11-8-19-13)17(22)14-6-9-21(10-7-14)25(23,24)16-5-3-2-4-15(16)18/h2-5,13-14,19H,6-12H2,1H3. The van der Waals surface area contributed by atoms with Crippen LogP contribution in [0.3, 0.4) is 0 Å². The summed E-state index contributed by atoms with van der Waals surface area (Å²) in [5.41, 5.74) is 0. The third-order valence-corrected chi connectivity index (χ3v) is 6.87. The first kappa shape index (κ1) is 18.3. The van der Waals surface area contributed by atoms with E-state index in [1.165, 1.54) is 22.5 Å². The number of amides is 1. The van der Waals surface area contributed by atoms with Crippen molar-refractivity contribution in [3.8, 4) is 0 Å². The lowest BCUT2D eigenvalue weighted by Crippen LogP contribution is -2.54. The highest BCUT2D eigenvalue weighted by molar-refractivity contribution is 7.89. The molecule has 138 valence electrons. The van der Waals surface area contributed by atoms with Crippen molar-refractivity contribution in [2.24, 2.45) is 5.92 Å². The van der Waals surface area contributed by atoms with Gasteiger partial charge >= 0.3 is 0 Å². The van der Waals surface area contributed by atoms with Gasteiger partial charge in [0.1, 0.15) is 10.7 Å². The minimum absolute atomic E-state index is 0.108. The molecule has 25 heavy (non-hydrogen) atoms. The molecule has 0 bridgehead atoms. The van der Waals surface area contributed by atoms with E-state index in [-0.39, 0.29) is 35.9 Å². The number of carbonyl (C=O) groups is 1. The zero-order valence-corrected chi connectivity index (χ0v) is 15.1. The van der Waals surface area contributed by atoms with Crippen LogP contribution in [0.2, 0.25) is 0 Å². The number of sulfonamides is 1. The minimum Gasteiger partial charge on any atom is -0.340 e. The van der Waals surface area contributed by atoms with E-state index in [0.717, 1.165) is 12.6 Å². The zero-order valence-electron chi connectivity index (χ0n) is 14.3. The molecule has 1 atom stereocenters. The van der Waals surface area contributed by atoms with Gasteiger partial charge in [0, 0.05) is 44.7 Å². The van der Waals surface area contributed by atoms with Crippen molar-refractivity contribution in [1.29, 1.82) is 0 Å². The van der Waals surface area contributed by atoms with Gasteiger partial charge < -0.3 is 10.2 Å². The number of piperazine rings is 1. The Morgan fingerprint density at radius 1 is 1.20 bits per heavy atom. The van der Waals surface area contributed by atoms with Gasteiger partial charge in [-0.25, -0.2) is 12.8 Å². The molecule has 0 spiro atoms. The Balaban J connectivity index is 1.64. The highest BCUT2D eigenvalue weighted by atomic mass is 32.2. The van der Waals surface area contributed by atoms with Crippen LogP contribution in [-0.2, 0) is 14.8 Å². The van der Waals surface area contributed by atoms with Gasteiger partial charge in [-0.2, -0.15) is 4.31 Å². The van der Waals surface area contributed by atoms with Crippen molar-refractivity contribution < 1.29 is 17.6 Å². The molecule has 0 aliphatic carbocycles. The second kappa shape index (κ2) is 7.39. The summed E-state index contributed by atoms with van der Waals surface area (Å²) in [4.78, 5) is 14.2. The smallest absolute Gasteiger partial charge is 0.245 e. The lowest BCUT2D eigenvalue weighted by molar-refractivity contribution is -0.137. The van der Waals surface area contributed by atoms with Crippen LogP contribution in [0.5, 0.6) is 0 Å². The molecule has 1 amide bonds. The van der Waals surface area contributed by atoms with Gasteiger partial charge in [0.05, 0.1) is 0 Å². The van der Waals surface area contributed by atoms with Crippen LogP contribution in [0.1, 0.15) is 19.8 Å². The monoisotopic (exact) mass is 369 g/mol. The molecular formula is C17H24FN3O3S. The van der Waals surface area contributed by atoms with Crippen molar-refractivity contribution in [1.82, 2.24) is 14.5 Å². The van der Waals surface area contributed by atoms with Crippen LogP contribution in [0.25, 0.3) is 0 Å². The normalized spacial score (nSPS) is 23.6.